The first-order chi connectivity index (χ1) is 15.3. The molecule has 1 N–H and O–H groups in total. The molecule has 0 saturated carbocycles. The lowest BCUT2D eigenvalue weighted by atomic mass is 10.2. The van der Waals surface area contributed by atoms with Crippen molar-refractivity contribution in [2.45, 2.75) is 20.8 Å². The van der Waals surface area contributed by atoms with E-state index in [4.69, 9.17) is 25.8 Å². The first-order valence-corrected chi connectivity index (χ1v) is 10.5. The molecule has 2 amide bonds. The topological polar surface area (TPSA) is 90.9 Å². The normalized spacial score (nSPS) is 10.8. The molecule has 0 fully saturated rings. The van der Waals surface area contributed by atoms with Gasteiger partial charge in [0.2, 0.25) is 0 Å². The molecule has 0 atom stereocenters. The number of carbonyl (C=O) groups is 3. The van der Waals surface area contributed by atoms with Gasteiger partial charge in [-0.05, 0) is 60.9 Å². The standard InChI is InChI=1S/C24H26ClNO6/c1-4-30-21-13-17(5-11-20(21)31-14-16(2)3)6-12-23(28)32-15-22(27)26-24(29)18-7-9-19(25)10-8-18/h5-13,16H,4,14-15H2,1-3H3,(H,26,27,29)/b12-6+. The Bertz CT molecular complexity index is 969. The van der Waals surface area contributed by atoms with Gasteiger partial charge < -0.3 is 14.2 Å². The molecule has 0 radical (unpaired) electrons. The lowest BCUT2D eigenvalue weighted by molar-refractivity contribution is -0.143. The first-order valence-electron chi connectivity index (χ1n) is 10.1. The van der Waals surface area contributed by atoms with E-state index in [1.54, 1.807) is 18.2 Å². The van der Waals surface area contributed by atoms with E-state index in [9.17, 15) is 14.4 Å². The Morgan fingerprint density at radius 1 is 1.03 bits per heavy atom. The predicted octanol–water partition coefficient (Wildman–Crippen LogP) is 4.29. The summed E-state index contributed by atoms with van der Waals surface area (Å²) < 4.78 is 16.2. The van der Waals surface area contributed by atoms with Gasteiger partial charge in [-0.1, -0.05) is 31.5 Å². The average molecular weight is 460 g/mol. The van der Waals surface area contributed by atoms with Crippen molar-refractivity contribution < 1.29 is 28.6 Å². The highest BCUT2D eigenvalue weighted by Crippen LogP contribution is 2.29. The van der Waals surface area contributed by atoms with Crippen LogP contribution in [0, 0.1) is 5.92 Å². The molecule has 0 unspecified atom stereocenters. The Morgan fingerprint density at radius 3 is 2.41 bits per heavy atom. The zero-order valence-electron chi connectivity index (χ0n) is 18.2. The Hall–Kier alpha value is -3.32. The molecule has 0 heterocycles. The second-order valence-electron chi connectivity index (χ2n) is 7.17. The van der Waals surface area contributed by atoms with Crippen LogP contribution in [0.4, 0.5) is 0 Å². The highest BCUT2D eigenvalue weighted by atomic mass is 35.5. The fraction of sp³-hybridized carbons (Fsp3) is 0.292. The van der Waals surface area contributed by atoms with E-state index in [1.165, 1.54) is 36.4 Å². The second-order valence-corrected chi connectivity index (χ2v) is 7.61. The number of rotatable bonds is 10. The summed E-state index contributed by atoms with van der Waals surface area (Å²) in [6.45, 7) is 6.42. The fourth-order valence-electron chi connectivity index (χ4n) is 2.46. The number of imide groups is 1. The molecular formula is C24H26ClNO6. The molecule has 0 aromatic heterocycles. The number of benzene rings is 2. The van der Waals surface area contributed by atoms with Gasteiger partial charge in [0.1, 0.15) is 0 Å². The maximum atomic E-state index is 12.0. The lowest BCUT2D eigenvalue weighted by Gasteiger charge is -2.14. The zero-order valence-corrected chi connectivity index (χ0v) is 19.0. The summed E-state index contributed by atoms with van der Waals surface area (Å²) in [4.78, 5) is 35.7. The molecule has 2 aromatic carbocycles. The van der Waals surface area contributed by atoms with Gasteiger partial charge >= 0.3 is 5.97 Å². The lowest BCUT2D eigenvalue weighted by Crippen LogP contribution is -2.34. The Kier molecular flexibility index (Phi) is 9.76. The molecule has 7 nitrogen and oxygen atoms in total. The highest BCUT2D eigenvalue weighted by molar-refractivity contribution is 6.30. The molecule has 170 valence electrons. The van der Waals surface area contributed by atoms with Gasteiger partial charge in [0.05, 0.1) is 13.2 Å². The quantitative estimate of drug-likeness (QED) is 0.421. The SMILES string of the molecule is CCOc1cc(/C=C/C(=O)OCC(=O)NC(=O)c2ccc(Cl)cc2)ccc1OCC(C)C. The fourth-order valence-corrected chi connectivity index (χ4v) is 2.58. The van der Waals surface area contributed by atoms with Crippen molar-refractivity contribution in [2.24, 2.45) is 5.92 Å². The number of halogens is 1. The van der Waals surface area contributed by atoms with Gasteiger partial charge in [-0.3, -0.25) is 14.9 Å². The van der Waals surface area contributed by atoms with Crippen molar-refractivity contribution >= 4 is 35.5 Å². The van der Waals surface area contributed by atoms with Crippen LogP contribution < -0.4 is 14.8 Å². The van der Waals surface area contributed by atoms with Gasteiger partial charge in [-0.15, -0.1) is 0 Å². The van der Waals surface area contributed by atoms with Crippen LogP contribution in [0.3, 0.4) is 0 Å². The van der Waals surface area contributed by atoms with E-state index in [1.807, 2.05) is 6.92 Å². The van der Waals surface area contributed by atoms with Crippen molar-refractivity contribution in [3.63, 3.8) is 0 Å². The number of hydrogen-bond acceptors (Lipinski definition) is 6. The Balaban J connectivity index is 1.88. The number of amides is 2. The molecule has 0 aliphatic rings. The van der Waals surface area contributed by atoms with E-state index in [0.29, 0.717) is 41.2 Å². The Morgan fingerprint density at radius 2 is 1.75 bits per heavy atom. The molecular weight excluding hydrogens is 434 g/mol. The maximum Gasteiger partial charge on any atom is 0.331 e. The smallest absolute Gasteiger partial charge is 0.331 e. The summed E-state index contributed by atoms with van der Waals surface area (Å²) in [5.74, 6) is -0.501. The van der Waals surface area contributed by atoms with Crippen LogP contribution in [0.2, 0.25) is 5.02 Å². The number of esters is 1. The molecule has 0 aliphatic carbocycles. The molecule has 32 heavy (non-hydrogen) atoms. The average Bonchev–Trinajstić information content (AvgIpc) is 2.76. The van der Waals surface area contributed by atoms with E-state index in [-0.39, 0.29) is 5.56 Å². The van der Waals surface area contributed by atoms with Crippen molar-refractivity contribution in [3.8, 4) is 11.5 Å². The van der Waals surface area contributed by atoms with Crippen LogP contribution in [0.1, 0.15) is 36.7 Å². The summed E-state index contributed by atoms with van der Waals surface area (Å²) in [6.07, 6.45) is 2.72. The minimum Gasteiger partial charge on any atom is -0.490 e. The van der Waals surface area contributed by atoms with Crippen molar-refractivity contribution in [2.75, 3.05) is 19.8 Å². The molecule has 2 aromatic rings. The number of hydrogen-bond donors (Lipinski definition) is 1. The van der Waals surface area contributed by atoms with Gasteiger partial charge in [0, 0.05) is 16.7 Å². The van der Waals surface area contributed by atoms with Crippen LogP contribution >= 0.6 is 11.6 Å². The van der Waals surface area contributed by atoms with E-state index in [0.717, 1.165) is 0 Å². The van der Waals surface area contributed by atoms with Gasteiger partial charge in [0.15, 0.2) is 18.1 Å². The number of carbonyl (C=O) groups excluding carboxylic acids is 3. The number of nitrogens with one attached hydrogen (secondary N) is 1. The van der Waals surface area contributed by atoms with E-state index < -0.39 is 24.4 Å². The van der Waals surface area contributed by atoms with Crippen molar-refractivity contribution in [1.82, 2.24) is 5.32 Å². The van der Waals surface area contributed by atoms with Crippen LogP contribution in [-0.4, -0.2) is 37.6 Å². The Labute approximate surface area is 192 Å². The minimum absolute atomic E-state index is 0.264. The number of ether oxygens (including phenoxy) is 3. The molecule has 2 rings (SSSR count). The molecule has 0 aliphatic heterocycles. The largest absolute Gasteiger partial charge is 0.490 e. The molecule has 0 spiro atoms. The van der Waals surface area contributed by atoms with E-state index >= 15 is 0 Å². The summed E-state index contributed by atoms with van der Waals surface area (Å²) in [7, 11) is 0. The van der Waals surface area contributed by atoms with Gasteiger partial charge in [-0.2, -0.15) is 0 Å². The third-order valence-electron chi connectivity index (χ3n) is 3.96. The van der Waals surface area contributed by atoms with E-state index in [2.05, 4.69) is 19.2 Å². The maximum absolute atomic E-state index is 12.0. The van der Waals surface area contributed by atoms with Crippen LogP contribution in [0.5, 0.6) is 11.5 Å². The third-order valence-corrected chi connectivity index (χ3v) is 4.21. The molecule has 0 saturated heterocycles. The van der Waals surface area contributed by atoms with Crippen molar-refractivity contribution in [3.05, 3.63) is 64.7 Å². The monoisotopic (exact) mass is 459 g/mol. The minimum atomic E-state index is -0.739. The van der Waals surface area contributed by atoms with Gasteiger partial charge in [-0.25, -0.2) is 4.79 Å². The van der Waals surface area contributed by atoms with Crippen LogP contribution in [-0.2, 0) is 14.3 Å². The summed E-state index contributed by atoms with van der Waals surface area (Å²) >= 11 is 5.76. The third kappa shape index (κ3) is 8.43. The van der Waals surface area contributed by atoms with Crippen LogP contribution in [0.25, 0.3) is 6.08 Å². The first kappa shape index (κ1) is 24.9. The summed E-state index contributed by atoms with van der Waals surface area (Å²) in [5.41, 5.74) is 0.963. The van der Waals surface area contributed by atoms with Crippen LogP contribution in [0.15, 0.2) is 48.5 Å². The predicted molar refractivity (Wildman–Crippen MR) is 122 cm³/mol. The summed E-state index contributed by atoms with van der Waals surface area (Å²) in [6, 6.07) is 11.3. The zero-order chi connectivity index (χ0) is 23.5. The second kappa shape index (κ2) is 12.5. The van der Waals surface area contributed by atoms with Gasteiger partial charge in [0.25, 0.3) is 11.8 Å². The molecule has 0 bridgehead atoms. The van der Waals surface area contributed by atoms with Crippen molar-refractivity contribution in [1.29, 1.82) is 0 Å². The summed E-state index contributed by atoms with van der Waals surface area (Å²) in [5, 5.41) is 2.61. The molecule has 8 heteroatoms. The highest BCUT2D eigenvalue weighted by Gasteiger charge is 2.12.